The molecule has 4 rings (SSSR count). The van der Waals surface area contributed by atoms with Crippen molar-refractivity contribution in [2.75, 3.05) is 0 Å². The van der Waals surface area contributed by atoms with Crippen molar-refractivity contribution in [2.24, 2.45) is 5.16 Å². The molecule has 0 N–H and O–H groups in total. The smallest absolute Gasteiger partial charge is 0.351 e. The van der Waals surface area contributed by atoms with Crippen LogP contribution in [0.5, 0.6) is 0 Å². The van der Waals surface area contributed by atoms with E-state index in [1.54, 1.807) is 36.7 Å². The molecule has 0 radical (unpaired) electrons. The quantitative estimate of drug-likeness (QED) is 0.638. The molecule has 3 aromatic rings. The summed E-state index contributed by atoms with van der Waals surface area (Å²) in [5.74, 6) is -0.511. The van der Waals surface area contributed by atoms with E-state index in [1.807, 2.05) is 0 Å². The number of esters is 1. The third kappa shape index (κ3) is 3.81. The van der Waals surface area contributed by atoms with Crippen molar-refractivity contribution in [3.8, 4) is 11.4 Å². The Morgan fingerprint density at radius 2 is 2.15 bits per heavy atom. The number of hydrogen-bond acceptors (Lipinski definition) is 8. The van der Waals surface area contributed by atoms with Gasteiger partial charge in [0, 0.05) is 29.9 Å². The van der Waals surface area contributed by atoms with Gasteiger partial charge in [-0.2, -0.15) is 4.98 Å². The minimum atomic E-state index is -0.899. The Morgan fingerprint density at radius 3 is 2.96 bits per heavy atom. The standard InChI is InChI=1S/C18H13FN4O4/c19-13-5-1-3-11(7-13)14-8-15(26-22-14)18(24)25-10-16-21-17(23-27-16)12-4-2-6-20-9-12/h1-7,9,15H,8,10H2. The average molecular weight is 368 g/mol. The van der Waals surface area contributed by atoms with Gasteiger partial charge in [-0.15, -0.1) is 0 Å². The van der Waals surface area contributed by atoms with Crippen LogP contribution in [0.2, 0.25) is 0 Å². The Morgan fingerprint density at radius 1 is 1.26 bits per heavy atom. The van der Waals surface area contributed by atoms with Crippen molar-refractivity contribution >= 4 is 11.7 Å². The lowest BCUT2D eigenvalue weighted by Gasteiger charge is -2.06. The highest BCUT2D eigenvalue weighted by atomic mass is 19.1. The number of halogens is 1. The predicted octanol–water partition coefficient (Wildman–Crippen LogP) is 2.51. The average Bonchev–Trinajstić information content (AvgIpc) is 3.37. The van der Waals surface area contributed by atoms with E-state index in [0.717, 1.165) is 0 Å². The van der Waals surface area contributed by atoms with Gasteiger partial charge >= 0.3 is 5.97 Å². The molecule has 8 nitrogen and oxygen atoms in total. The largest absolute Gasteiger partial charge is 0.453 e. The van der Waals surface area contributed by atoms with Crippen LogP contribution >= 0.6 is 0 Å². The minimum Gasteiger partial charge on any atom is -0.453 e. The lowest BCUT2D eigenvalue weighted by molar-refractivity contribution is -0.157. The summed E-state index contributed by atoms with van der Waals surface area (Å²) >= 11 is 0. The zero-order chi connectivity index (χ0) is 18.6. The second-order valence-corrected chi connectivity index (χ2v) is 5.71. The van der Waals surface area contributed by atoms with E-state index in [0.29, 0.717) is 22.7 Å². The number of carbonyl (C=O) groups excluding carboxylic acids is 1. The molecule has 0 spiro atoms. The van der Waals surface area contributed by atoms with Crippen molar-refractivity contribution in [3.63, 3.8) is 0 Å². The first-order valence-electron chi connectivity index (χ1n) is 8.07. The summed E-state index contributed by atoms with van der Waals surface area (Å²) in [6.45, 7) is -0.193. The fourth-order valence-electron chi connectivity index (χ4n) is 2.49. The number of aromatic nitrogens is 3. The molecule has 0 saturated heterocycles. The molecule has 1 unspecified atom stereocenters. The van der Waals surface area contributed by atoms with Crippen molar-refractivity contribution < 1.29 is 23.3 Å². The van der Waals surface area contributed by atoms with Gasteiger partial charge in [0.15, 0.2) is 6.61 Å². The first-order chi connectivity index (χ1) is 13.2. The van der Waals surface area contributed by atoms with Crippen LogP contribution in [-0.4, -0.2) is 32.9 Å². The van der Waals surface area contributed by atoms with E-state index in [1.165, 1.54) is 12.1 Å². The van der Waals surface area contributed by atoms with Gasteiger partial charge in [0.25, 0.3) is 5.89 Å². The molecule has 0 amide bonds. The topological polar surface area (TPSA) is 99.7 Å². The first kappa shape index (κ1) is 16.8. The predicted molar refractivity (Wildman–Crippen MR) is 89.8 cm³/mol. The van der Waals surface area contributed by atoms with Gasteiger partial charge in [-0.25, -0.2) is 9.18 Å². The molecule has 1 aliphatic heterocycles. The molecule has 27 heavy (non-hydrogen) atoms. The number of benzene rings is 1. The zero-order valence-corrected chi connectivity index (χ0v) is 13.9. The fourth-order valence-corrected chi connectivity index (χ4v) is 2.49. The lowest BCUT2D eigenvalue weighted by Crippen LogP contribution is -2.23. The van der Waals surface area contributed by atoms with Crippen LogP contribution in [-0.2, 0) is 21.0 Å². The SMILES string of the molecule is O=C(OCc1nc(-c2cccnc2)no1)C1CC(c2cccc(F)c2)=NO1. The Bertz CT molecular complexity index is 990. The highest BCUT2D eigenvalue weighted by molar-refractivity contribution is 6.03. The van der Waals surface area contributed by atoms with Gasteiger partial charge < -0.3 is 14.1 Å². The number of nitrogens with zero attached hydrogens (tertiary/aromatic N) is 4. The maximum absolute atomic E-state index is 13.3. The molecule has 1 aromatic carbocycles. The summed E-state index contributed by atoms with van der Waals surface area (Å²) in [6, 6.07) is 9.44. The van der Waals surface area contributed by atoms with Gasteiger partial charge in [-0.3, -0.25) is 4.98 Å². The number of hydrogen-bond donors (Lipinski definition) is 0. The van der Waals surface area contributed by atoms with Crippen LogP contribution in [0, 0.1) is 5.82 Å². The van der Waals surface area contributed by atoms with Crippen LogP contribution in [0.15, 0.2) is 58.5 Å². The molecule has 0 aliphatic carbocycles. The molecule has 1 aliphatic rings. The summed E-state index contributed by atoms with van der Waals surface area (Å²) < 4.78 is 23.5. The summed E-state index contributed by atoms with van der Waals surface area (Å²) in [7, 11) is 0. The van der Waals surface area contributed by atoms with Crippen LogP contribution in [0.3, 0.4) is 0 Å². The molecule has 3 heterocycles. The Kier molecular flexibility index (Phi) is 4.56. The zero-order valence-electron chi connectivity index (χ0n) is 13.9. The Hall–Kier alpha value is -3.62. The number of carbonyl (C=O) groups is 1. The van der Waals surface area contributed by atoms with Crippen LogP contribution < -0.4 is 0 Å². The Balaban J connectivity index is 1.32. The Labute approximate surface area is 152 Å². The van der Waals surface area contributed by atoms with E-state index in [9.17, 15) is 9.18 Å². The van der Waals surface area contributed by atoms with E-state index in [-0.39, 0.29) is 24.7 Å². The van der Waals surface area contributed by atoms with E-state index in [4.69, 9.17) is 14.1 Å². The maximum Gasteiger partial charge on any atom is 0.351 e. The summed E-state index contributed by atoms with van der Waals surface area (Å²) in [4.78, 5) is 25.4. The van der Waals surface area contributed by atoms with Gasteiger partial charge in [0.1, 0.15) is 5.82 Å². The number of ether oxygens (including phenoxy) is 1. The highest BCUT2D eigenvalue weighted by Crippen LogP contribution is 2.19. The summed E-state index contributed by atoms with van der Waals surface area (Å²) in [6.07, 6.45) is 2.52. The maximum atomic E-state index is 13.3. The van der Waals surface area contributed by atoms with E-state index >= 15 is 0 Å². The van der Waals surface area contributed by atoms with Gasteiger partial charge in [-0.05, 0) is 24.3 Å². The monoisotopic (exact) mass is 368 g/mol. The second kappa shape index (κ2) is 7.32. The van der Waals surface area contributed by atoms with Crippen molar-refractivity contribution in [1.29, 1.82) is 0 Å². The minimum absolute atomic E-state index is 0.145. The van der Waals surface area contributed by atoms with Crippen LogP contribution in [0.1, 0.15) is 17.9 Å². The summed E-state index contributed by atoms with van der Waals surface area (Å²) in [5, 5.41) is 7.65. The van der Waals surface area contributed by atoms with Crippen molar-refractivity contribution in [3.05, 3.63) is 66.1 Å². The van der Waals surface area contributed by atoms with Crippen molar-refractivity contribution in [2.45, 2.75) is 19.1 Å². The van der Waals surface area contributed by atoms with Gasteiger partial charge in [-0.1, -0.05) is 22.4 Å². The summed E-state index contributed by atoms with van der Waals surface area (Å²) in [5.41, 5.74) is 1.72. The molecule has 1 atom stereocenters. The number of rotatable bonds is 5. The first-order valence-corrected chi connectivity index (χ1v) is 8.07. The highest BCUT2D eigenvalue weighted by Gasteiger charge is 2.30. The molecule has 0 bridgehead atoms. The van der Waals surface area contributed by atoms with Crippen molar-refractivity contribution in [1.82, 2.24) is 15.1 Å². The molecular weight excluding hydrogens is 355 g/mol. The fraction of sp³-hybridized carbons (Fsp3) is 0.167. The van der Waals surface area contributed by atoms with E-state index in [2.05, 4.69) is 20.3 Å². The number of pyridine rings is 1. The van der Waals surface area contributed by atoms with Crippen LogP contribution in [0.25, 0.3) is 11.4 Å². The third-order valence-corrected chi connectivity index (χ3v) is 3.82. The molecule has 9 heteroatoms. The molecule has 0 fully saturated rings. The molecular formula is C18H13FN4O4. The third-order valence-electron chi connectivity index (χ3n) is 3.82. The molecule has 2 aromatic heterocycles. The van der Waals surface area contributed by atoms with Crippen LogP contribution in [0.4, 0.5) is 4.39 Å². The van der Waals surface area contributed by atoms with Gasteiger partial charge in [0.2, 0.25) is 11.9 Å². The second-order valence-electron chi connectivity index (χ2n) is 5.71. The normalized spacial score (nSPS) is 15.9. The van der Waals surface area contributed by atoms with E-state index < -0.39 is 12.1 Å². The number of oxime groups is 1. The molecule has 136 valence electrons. The molecule has 0 saturated carbocycles. The lowest BCUT2D eigenvalue weighted by atomic mass is 10.1. The van der Waals surface area contributed by atoms with Gasteiger partial charge in [0.05, 0.1) is 5.71 Å².